The maximum absolute atomic E-state index is 11.4. The summed E-state index contributed by atoms with van der Waals surface area (Å²) in [6, 6.07) is -0.374. The molecule has 0 aliphatic heterocycles. The summed E-state index contributed by atoms with van der Waals surface area (Å²) in [6.07, 6.45) is 2.28. The summed E-state index contributed by atoms with van der Waals surface area (Å²) in [5.74, 6) is -2.59. The molecule has 0 aliphatic carbocycles. The Labute approximate surface area is 90.4 Å². The summed E-state index contributed by atoms with van der Waals surface area (Å²) in [6.45, 7) is -0.777. The predicted octanol–water partition coefficient (Wildman–Crippen LogP) is -2.37. The quantitative estimate of drug-likeness (QED) is 0.526. The van der Waals surface area contributed by atoms with E-state index in [1.807, 2.05) is 5.32 Å². The Hall–Kier alpha value is -2.15. The summed E-state index contributed by atoms with van der Waals surface area (Å²) in [4.78, 5) is 25.4. The summed E-state index contributed by atoms with van der Waals surface area (Å²) >= 11 is 0. The van der Waals surface area contributed by atoms with Crippen molar-refractivity contribution in [2.24, 2.45) is 0 Å². The molecule has 0 fully saturated rings. The Morgan fingerprint density at radius 1 is 1.50 bits per heavy atom. The lowest BCUT2D eigenvalue weighted by Crippen LogP contribution is -2.50. The third-order valence-corrected chi connectivity index (χ3v) is 1.76. The zero-order chi connectivity index (χ0) is 12.1. The molecule has 16 heavy (non-hydrogen) atoms. The van der Waals surface area contributed by atoms with E-state index in [4.69, 9.17) is 10.2 Å². The van der Waals surface area contributed by atoms with Crippen molar-refractivity contribution in [2.45, 2.75) is 6.04 Å². The van der Waals surface area contributed by atoms with Crippen molar-refractivity contribution in [3.05, 3.63) is 24.0 Å². The van der Waals surface area contributed by atoms with Crippen molar-refractivity contribution < 1.29 is 24.9 Å². The van der Waals surface area contributed by atoms with Crippen LogP contribution in [0.5, 0.6) is 5.75 Å². The third-order valence-electron chi connectivity index (χ3n) is 1.76. The fraction of sp³-hybridized carbons (Fsp3) is 0.222. The number of amides is 1. The van der Waals surface area contributed by atoms with E-state index in [2.05, 4.69) is 4.98 Å². The van der Waals surface area contributed by atoms with Gasteiger partial charge in [-0.1, -0.05) is 0 Å². The molecule has 0 bridgehead atoms. The Morgan fingerprint density at radius 2 is 2.19 bits per heavy atom. The lowest BCUT2D eigenvalue weighted by molar-refractivity contribution is -0.308. The smallest absolute Gasteiger partial charge is 0.253 e. The van der Waals surface area contributed by atoms with Crippen molar-refractivity contribution in [3.8, 4) is 5.75 Å². The van der Waals surface area contributed by atoms with E-state index < -0.39 is 24.5 Å². The number of nitrogens with one attached hydrogen (secondary N) is 1. The summed E-state index contributed by atoms with van der Waals surface area (Å²) in [5, 5.41) is 30.1. The molecule has 0 aromatic carbocycles. The van der Waals surface area contributed by atoms with Gasteiger partial charge in [-0.2, -0.15) is 0 Å². The molecule has 1 aromatic heterocycles. The highest BCUT2D eigenvalue weighted by Gasteiger charge is 2.14. The van der Waals surface area contributed by atoms with Gasteiger partial charge in [-0.15, -0.1) is 0 Å². The molecule has 0 radical (unpaired) electrons. The number of aromatic nitrogens is 1. The maximum Gasteiger partial charge on any atom is 0.253 e. The van der Waals surface area contributed by atoms with Crippen molar-refractivity contribution in [2.75, 3.05) is 6.61 Å². The first-order chi connectivity index (χ1) is 7.54. The second kappa shape index (κ2) is 5.08. The molecule has 86 valence electrons. The van der Waals surface area contributed by atoms with Crippen molar-refractivity contribution >= 4 is 11.9 Å². The number of carboxylic acids is 1. The van der Waals surface area contributed by atoms with Crippen LogP contribution in [0.25, 0.3) is 0 Å². The number of nitrogens with zero attached hydrogens (tertiary/aromatic N) is 1. The van der Waals surface area contributed by atoms with Gasteiger partial charge in [0.15, 0.2) is 0 Å². The van der Waals surface area contributed by atoms with E-state index in [0.29, 0.717) is 0 Å². The number of carboxylic acid groups (broad SMARTS) is 1. The standard InChI is InChI=1S/C9H10N2O5/c12-4-7(9(15)16)11-8(14)5-1-6(13)3-10-2-5/h1-3,7,12-13H,4H2,(H,11,14)(H,15,16)/p-1/t7-/m1/s1. The molecule has 3 N–H and O–H groups in total. The molecule has 0 spiro atoms. The minimum Gasteiger partial charge on any atom is -0.548 e. The van der Waals surface area contributed by atoms with Crippen LogP contribution in [0.2, 0.25) is 0 Å². The zero-order valence-electron chi connectivity index (χ0n) is 8.08. The number of aliphatic carboxylic acids is 1. The second-order valence-corrected chi connectivity index (χ2v) is 2.96. The molecule has 0 saturated carbocycles. The van der Waals surface area contributed by atoms with Gasteiger partial charge in [-0.3, -0.25) is 9.78 Å². The van der Waals surface area contributed by atoms with Gasteiger partial charge in [0.2, 0.25) is 0 Å². The van der Waals surface area contributed by atoms with E-state index in [1.54, 1.807) is 0 Å². The van der Waals surface area contributed by atoms with E-state index in [1.165, 1.54) is 0 Å². The number of pyridine rings is 1. The molecular weight excluding hydrogens is 216 g/mol. The van der Waals surface area contributed by atoms with Crippen LogP contribution in [-0.4, -0.2) is 39.7 Å². The fourth-order valence-electron chi connectivity index (χ4n) is 0.973. The van der Waals surface area contributed by atoms with E-state index >= 15 is 0 Å². The van der Waals surface area contributed by atoms with Crippen LogP contribution in [0.1, 0.15) is 10.4 Å². The summed E-state index contributed by atoms with van der Waals surface area (Å²) in [7, 11) is 0. The van der Waals surface area contributed by atoms with Crippen LogP contribution >= 0.6 is 0 Å². The highest BCUT2D eigenvalue weighted by Crippen LogP contribution is 2.08. The average Bonchev–Trinajstić information content (AvgIpc) is 2.25. The molecule has 1 heterocycles. The SMILES string of the molecule is O=C(N[C@H](CO)C(=O)[O-])c1cncc(O)c1. The highest BCUT2D eigenvalue weighted by atomic mass is 16.4. The number of hydrogen-bond donors (Lipinski definition) is 3. The molecule has 1 aromatic rings. The molecule has 0 unspecified atom stereocenters. The highest BCUT2D eigenvalue weighted by molar-refractivity contribution is 5.96. The Morgan fingerprint density at radius 3 is 2.69 bits per heavy atom. The first-order valence-electron chi connectivity index (χ1n) is 4.31. The number of carbonyl (C=O) groups excluding carboxylic acids is 2. The van der Waals surface area contributed by atoms with Crippen LogP contribution in [-0.2, 0) is 4.79 Å². The largest absolute Gasteiger partial charge is 0.548 e. The van der Waals surface area contributed by atoms with Crippen molar-refractivity contribution in [3.63, 3.8) is 0 Å². The monoisotopic (exact) mass is 225 g/mol. The summed E-state index contributed by atoms with van der Waals surface area (Å²) < 4.78 is 0. The first-order valence-corrected chi connectivity index (χ1v) is 4.31. The summed E-state index contributed by atoms with van der Waals surface area (Å²) in [5.41, 5.74) is -0.0142. The van der Waals surface area contributed by atoms with Crippen LogP contribution in [0, 0.1) is 0 Å². The molecule has 0 aliphatic rings. The van der Waals surface area contributed by atoms with E-state index in [0.717, 1.165) is 18.5 Å². The number of aromatic hydroxyl groups is 1. The van der Waals surface area contributed by atoms with Gasteiger partial charge in [0, 0.05) is 6.20 Å². The van der Waals surface area contributed by atoms with E-state index in [9.17, 15) is 14.7 Å². The minimum atomic E-state index is -1.59. The Kier molecular flexibility index (Phi) is 3.78. The molecular formula is C9H9N2O5-. The van der Waals surface area contributed by atoms with Gasteiger partial charge in [-0.25, -0.2) is 0 Å². The topological polar surface area (TPSA) is 123 Å². The van der Waals surface area contributed by atoms with Gasteiger partial charge in [0.1, 0.15) is 5.75 Å². The van der Waals surface area contributed by atoms with Crippen molar-refractivity contribution in [1.82, 2.24) is 10.3 Å². The molecule has 7 heteroatoms. The molecule has 0 saturated heterocycles. The maximum atomic E-state index is 11.4. The number of aliphatic hydroxyl groups excluding tert-OH is 1. The van der Waals surface area contributed by atoms with Crippen LogP contribution in [0.3, 0.4) is 0 Å². The predicted molar refractivity (Wildman–Crippen MR) is 49.2 cm³/mol. The van der Waals surface area contributed by atoms with Gasteiger partial charge in [0.25, 0.3) is 5.91 Å². The van der Waals surface area contributed by atoms with E-state index in [-0.39, 0.29) is 11.3 Å². The number of rotatable bonds is 4. The van der Waals surface area contributed by atoms with Crippen LogP contribution in [0.15, 0.2) is 18.5 Å². The number of carbonyl (C=O) groups is 2. The first kappa shape index (κ1) is 11.9. The second-order valence-electron chi connectivity index (χ2n) is 2.96. The van der Waals surface area contributed by atoms with Crippen LogP contribution < -0.4 is 10.4 Å². The lowest BCUT2D eigenvalue weighted by Gasteiger charge is -2.16. The molecule has 1 atom stereocenters. The molecule has 7 nitrogen and oxygen atoms in total. The number of aliphatic hydroxyl groups is 1. The fourth-order valence-corrected chi connectivity index (χ4v) is 0.973. The number of hydrogen-bond acceptors (Lipinski definition) is 6. The van der Waals surface area contributed by atoms with Gasteiger partial charge in [0.05, 0.1) is 30.4 Å². The van der Waals surface area contributed by atoms with Gasteiger partial charge in [-0.05, 0) is 6.07 Å². The van der Waals surface area contributed by atoms with Crippen molar-refractivity contribution in [1.29, 1.82) is 0 Å². The average molecular weight is 225 g/mol. The lowest BCUT2D eigenvalue weighted by atomic mass is 10.2. The van der Waals surface area contributed by atoms with Gasteiger partial charge < -0.3 is 25.4 Å². The Bertz CT molecular complexity index is 407. The third kappa shape index (κ3) is 2.92. The molecule has 1 amide bonds. The normalized spacial score (nSPS) is 11.8. The van der Waals surface area contributed by atoms with Gasteiger partial charge >= 0.3 is 0 Å². The minimum absolute atomic E-state index is 0.0142. The zero-order valence-corrected chi connectivity index (χ0v) is 8.08. The van der Waals surface area contributed by atoms with Crippen LogP contribution in [0.4, 0.5) is 0 Å². The molecule has 1 rings (SSSR count). The Balaban J connectivity index is 2.75.